The number of nitrogens with zero attached hydrogens (tertiary/aromatic N) is 1. The molecule has 0 aliphatic carbocycles. The smallest absolute Gasteiger partial charge is 0.323 e. The van der Waals surface area contributed by atoms with E-state index in [1.165, 1.54) is 4.90 Å². The zero-order valence-electron chi connectivity index (χ0n) is 10.0. The van der Waals surface area contributed by atoms with Crippen molar-refractivity contribution >= 4 is 12.0 Å². The van der Waals surface area contributed by atoms with E-state index < -0.39 is 5.97 Å². The van der Waals surface area contributed by atoms with E-state index in [0.29, 0.717) is 13.1 Å². The average Bonchev–Trinajstić information content (AvgIpc) is 2.24. The number of methoxy groups -OCH3 is 1. The maximum Gasteiger partial charge on any atom is 0.323 e. The van der Waals surface area contributed by atoms with Crippen LogP contribution in [0.4, 0.5) is 4.79 Å². The quantitative estimate of drug-likeness (QED) is 0.671. The number of aliphatic carboxylic acids is 1. The third-order valence-corrected chi connectivity index (χ3v) is 2.05. The molecule has 2 N–H and O–H groups in total. The van der Waals surface area contributed by atoms with Crippen LogP contribution in [0, 0.1) is 0 Å². The molecule has 0 aliphatic rings. The molecule has 0 heterocycles. The lowest BCUT2D eigenvalue weighted by molar-refractivity contribution is -0.137. The van der Waals surface area contributed by atoms with Crippen molar-refractivity contribution in [2.45, 2.75) is 26.4 Å². The molecular formula is C10H20N2O4. The molecule has 1 atom stereocenters. The number of urea groups is 1. The minimum atomic E-state index is -1.01. The highest BCUT2D eigenvalue weighted by atomic mass is 16.5. The molecule has 2 amide bonds. The number of carboxylic acid groups (broad SMARTS) is 1. The van der Waals surface area contributed by atoms with Crippen LogP contribution in [0.25, 0.3) is 0 Å². The Morgan fingerprint density at radius 1 is 1.50 bits per heavy atom. The summed E-state index contributed by atoms with van der Waals surface area (Å²) in [4.78, 5) is 23.4. The number of hydrogen-bond acceptors (Lipinski definition) is 3. The first-order valence-corrected chi connectivity index (χ1v) is 5.28. The van der Waals surface area contributed by atoms with E-state index in [-0.39, 0.29) is 18.7 Å². The fourth-order valence-corrected chi connectivity index (χ4v) is 1.11. The number of hydrogen-bond donors (Lipinski definition) is 2. The SMILES string of the molecule is CCCN(CC(=O)O)C(=O)NCC(C)OC. The maximum atomic E-state index is 11.6. The molecule has 0 rings (SSSR count). The fraction of sp³-hybridized carbons (Fsp3) is 0.800. The fourth-order valence-electron chi connectivity index (χ4n) is 1.11. The largest absolute Gasteiger partial charge is 0.480 e. The summed E-state index contributed by atoms with van der Waals surface area (Å²) in [7, 11) is 1.55. The zero-order chi connectivity index (χ0) is 12.6. The Bertz CT molecular complexity index is 233. The van der Waals surface area contributed by atoms with Gasteiger partial charge in [-0.2, -0.15) is 0 Å². The summed E-state index contributed by atoms with van der Waals surface area (Å²) in [6.07, 6.45) is 0.637. The highest BCUT2D eigenvalue weighted by Gasteiger charge is 2.15. The maximum absolute atomic E-state index is 11.6. The van der Waals surface area contributed by atoms with Gasteiger partial charge in [-0.3, -0.25) is 4.79 Å². The molecule has 0 aromatic carbocycles. The van der Waals surface area contributed by atoms with E-state index in [1.54, 1.807) is 7.11 Å². The van der Waals surface area contributed by atoms with Gasteiger partial charge in [0.05, 0.1) is 6.10 Å². The molecule has 0 bridgehead atoms. The Labute approximate surface area is 95.6 Å². The summed E-state index contributed by atoms with van der Waals surface area (Å²) in [6, 6.07) is -0.367. The van der Waals surface area contributed by atoms with Crippen LogP contribution in [0.3, 0.4) is 0 Å². The van der Waals surface area contributed by atoms with Crippen LogP contribution >= 0.6 is 0 Å². The molecule has 0 aromatic heterocycles. The molecule has 0 radical (unpaired) electrons. The lowest BCUT2D eigenvalue weighted by Gasteiger charge is -2.21. The predicted octanol–water partition coefficient (Wildman–Crippen LogP) is 0.527. The number of carbonyl (C=O) groups is 2. The molecule has 6 nitrogen and oxygen atoms in total. The minimum Gasteiger partial charge on any atom is -0.480 e. The summed E-state index contributed by atoms with van der Waals surface area (Å²) in [6.45, 7) is 4.23. The van der Waals surface area contributed by atoms with Crippen LogP contribution in [0.2, 0.25) is 0 Å². The van der Waals surface area contributed by atoms with Crippen molar-refractivity contribution in [1.29, 1.82) is 0 Å². The first kappa shape index (κ1) is 14.7. The van der Waals surface area contributed by atoms with E-state index >= 15 is 0 Å². The molecule has 16 heavy (non-hydrogen) atoms. The molecule has 0 aliphatic heterocycles. The number of carboxylic acids is 1. The van der Waals surface area contributed by atoms with Gasteiger partial charge in [0.15, 0.2) is 0 Å². The van der Waals surface area contributed by atoms with Gasteiger partial charge in [-0.1, -0.05) is 6.92 Å². The second kappa shape index (κ2) is 7.92. The van der Waals surface area contributed by atoms with Gasteiger partial charge in [0.2, 0.25) is 0 Å². The Hall–Kier alpha value is -1.30. The second-order valence-electron chi connectivity index (χ2n) is 3.55. The second-order valence-corrected chi connectivity index (χ2v) is 3.55. The summed E-state index contributed by atoms with van der Waals surface area (Å²) < 4.78 is 4.97. The van der Waals surface area contributed by atoms with Crippen LogP contribution in [-0.2, 0) is 9.53 Å². The van der Waals surface area contributed by atoms with E-state index in [9.17, 15) is 9.59 Å². The molecule has 0 spiro atoms. The van der Waals surface area contributed by atoms with Crippen LogP contribution in [-0.4, -0.2) is 54.9 Å². The van der Waals surface area contributed by atoms with Crippen molar-refractivity contribution in [3.63, 3.8) is 0 Å². The Balaban J connectivity index is 4.10. The highest BCUT2D eigenvalue weighted by molar-refractivity contribution is 5.80. The van der Waals surface area contributed by atoms with Gasteiger partial charge < -0.3 is 20.1 Å². The molecule has 0 saturated carbocycles. The van der Waals surface area contributed by atoms with Crippen molar-refractivity contribution in [3.05, 3.63) is 0 Å². The van der Waals surface area contributed by atoms with Gasteiger partial charge in [-0.05, 0) is 13.3 Å². The Morgan fingerprint density at radius 3 is 2.56 bits per heavy atom. The number of amides is 2. The molecular weight excluding hydrogens is 212 g/mol. The van der Waals surface area contributed by atoms with Gasteiger partial charge in [-0.15, -0.1) is 0 Å². The lowest BCUT2D eigenvalue weighted by atomic mass is 10.4. The highest BCUT2D eigenvalue weighted by Crippen LogP contribution is 1.93. The van der Waals surface area contributed by atoms with E-state index in [1.807, 2.05) is 13.8 Å². The molecule has 0 fully saturated rings. The zero-order valence-corrected chi connectivity index (χ0v) is 10.0. The van der Waals surface area contributed by atoms with E-state index in [2.05, 4.69) is 5.32 Å². The van der Waals surface area contributed by atoms with Crippen LogP contribution in [0.15, 0.2) is 0 Å². The van der Waals surface area contributed by atoms with Gasteiger partial charge in [0, 0.05) is 20.2 Å². The van der Waals surface area contributed by atoms with Crippen LogP contribution < -0.4 is 5.32 Å². The van der Waals surface area contributed by atoms with Crippen molar-refractivity contribution in [2.75, 3.05) is 26.7 Å². The number of nitrogens with one attached hydrogen (secondary N) is 1. The van der Waals surface area contributed by atoms with E-state index in [4.69, 9.17) is 9.84 Å². The van der Waals surface area contributed by atoms with Gasteiger partial charge in [-0.25, -0.2) is 4.79 Å². The van der Waals surface area contributed by atoms with Crippen LogP contribution in [0.1, 0.15) is 20.3 Å². The molecule has 0 aromatic rings. The molecule has 94 valence electrons. The normalized spacial score (nSPS) is 11.9. The van der Waals surface area contributed by atoms with Gasteiger partial charge in [0.25, 0.3) is 0 Å². The lowest BCUT2D eigenvalue weighted by Crippen LogP contribution is -2.45. The summed E-state index contributed by atoms with van der Waals surface area (Å²) in [5, 5.41) is 11.3. The van der Waals surface area contributed by atoms with E-state index in [0.717, 1.165) is 6.42 Å². The Morgan fingerprint density at radius 2 is 2.12 bits per heavy atom. The number of rotatable bonds is 7. The third-order valence-electron chi connectivity index (χ3n) is 2.05. The number of carbonyl (C=O) groups excluding carboxylic acids is 1. The minimum absolute atomic E-state index is 0.0859. The topological polar surface area (TPSA) is 78.9 Å². The summed E-state index contributed by atoms with van der Waals surface area (Å²) in [5.74, 6) is -1.01. The monoisotopic (exact) mass is 232 g/mol. The first-order chi connectivity index (χ1) is 7.51. The van der Waals surface area contributed by atoms with Crippen molar-refractivity contribution in [1.82, 2.24) is 10.2 Å². The number of ether oxygens (including phenoxy) is 1. The molecule has 0 saturated heterocycles. The predicted molar refractivity (Wildman–Crippen MR) is 59.4 cm³/mol. The first-order valence-electron chi connectivity index (χ1n) is 5.28. The van der Waals surface area contributed by atoms with Crippen molar-refractivity contribution < 1.29 is 19.4 Å². The standard InChI is InChI=1S/C10H20N2O4/c1-4-5-12(7-9(13)14)10(15)11-6-8(2)16-3/h8H,4-7H2,1-3H3,(H,11,15)(H,13,14). The average molecular weight is 232 g/mol. The van der Waals surface area contributed by atoms with Crippen molar-refractivity contribution in [2.24, 2.45) is 0 Å². The van der Waals surface area contributed by atoms with Crippen molar-refractivity contribution in [3.8, 4) is 0 Å². The van der Waals surface area contributed by atoms with Gasteiger partial charge >= 0.3 is 12.0 Å². The Kier molecular flexibility index (Phi) is 7.28. The summed E-state index contributed by atoms with van der Waals surface area (Å²) in [5.41, 5.74) is 0. The third kappa shape index (κ3) is 6.23. The molecule has 1 unspecified atom stereocenters. The molecule has 6 heteroatoms. The van der Waals surface area contributed by atoms with Gasteiger partial charge in [0.1, 0.15) is 6.54 Å². The summed E-state index contributed by atoms with van der Waals surface area (Å²) >= 11 is 0. The van der Waals surface area contributed by atoms with Crippen LogP contribution in [0.5, 0.6) is 0 Å².